The highest BCUT2D eigenvalue weighted by Crippen LogP contribution is 2.38. The fourth-order valence-electron chi connectivity index (χ4n) is 2.76. The fraction of sp³-hybridized carbons (Fsp3) is 0.381. The minimum Gasteiger partial charge on any atom is -0.494 e. The van der Waals surface area contributed by atoms with Gasteiger partial charge in [-0.05, 0) is 43.7 Å². The summed E-state index contributed by atoms with van der Waals surface area (Å²) in [4.78, 5) is 12.6. The molecule has 0 heterocycles. The molecule has 0 aliphatic carbocycles. The number of carbonyl (C=O) groups excluding carboxylic acids is 1. The van der Waals surface area contributed by atoms with Crippen LogP contribution in [0.2, 0.25) is 0 Å². The largest absolute Gasteiger partial charge is 0.494 e. The van der Waals surface area contributed by atoms with E-state index in [2.05, 4.69) is 5.32 Å². The molecule has 7 nitrogen and oxygen atoms in total. The average Bonchev–Trinajstić information content (AvgIpc) is 2.69. The Morgan fingerprint density at radius 1 is 0.857 bits per heavy atom. The molecule has 0 unspecified atom stereocenters. The Hall–Kier alpha value is -3.09. The molecular formula is C21H27NO6. The van der Waals surface area contributed by atoms with E-state index in [1.807, 2.05) is 19.9 Å². The first-order valence-corrected chi connectivity index (χ1v) is 9.04. The van der Waals surface area contributed by atoms with E-state index in [0.29, 0.717) is 47.6 Å². The molecule has 2 rings (SSSR count). The summed E-state index contributed by atoms with van der Waals surface area (Å²) in [6.45, 7) is 4.81. The maximum Gasteiger partial charge on any atom is 0.228 e. The van der Waals surface area contributed by atoms with Crippen LogP contribution in [0.4, 0.5) is 5.69 Å². The molecule has 28 heavy (non-hydrogen) atoms. The Labute approximate surface area is 165 Å². The molecule has 0 saturated heterocycles. The SMILES string of the molecule is CCOc1ccc(OCC)c(NC(=O)Cc2cc(OC)c(OC)c(OC)c2)c1. The van der Waals surface area contributed by atoms with Crippen molar-refractivity contribution in [3.63, 3.8) is 0 Å². The van der Waals surface area contributed by atoms with Crippen molar-refractivity contribution in [3.05, 3.63) is 35.9 Å². The van der Waals surface area contributed by atoms with E-state index in [4.69, 9.17) is 23.7 Å². The molecule has 0 aromatic heterocycles. The van der Waals surface area contributed by atoms with Gasteiger partial charge < -0.3 is 29.0 Å². The summed E-state index contributed by atoms with van der Waals surface area (Å²) in [7, 11) is 4.61. The second-order valence-electron chi connectivity index (χ2n) is 5.78. The third-order valence-electron chi connectivity index (χ3n) is 3.93. The van der Waals surface area contributed by atoms with E-state index in [1.54, 1.807) is 24.3 Å². The van der Waals surface area contributed by atoms with E-state index in [1.165, 1.54) is 21.3 Å². The molecule has 152 valence electrons. The predicted octanol–water partition coefficient (Wildman–Crippen LogP) is 3.69. The molecule has 2 aromatic carbocycles. The van der Waals surface area contributed by atoms with Crippen molar-refractivity contribution < 1.29 is 28.5 Å². The number of ether oxygens (including phenoxy) is 5. The van der Waals surface area contributed by atoms with Gasteiger partial charge in [-0.25, -0.2) is 0 Å². The smallest absolute Gasteiger partial charge is 0.228 e. The maximum absolute atomic E-state index is 12.6. The topological polar surface area (TPSA) is 75.3 Å². The molecule has 0 bridgehead atoms. The second-order valence-corrected chi connectivity index (χ2v) is 5.78. The molecule has 0 radical (unpaired) electrons. The van der Waals surface area contributed by atoms with Gasteiger partial charge in [0.25, 0.3) is 0 Å². The highest BCUT2D eigenvalue weighted by atomic mass is 16.5. The Balaban J connectivity index is 2.23. The molecule has 1 N–H and O–H groups in total. The maximum atomic E-state index is 12.6. The van der Waals surface area contributed by atoms with E-state index in [9.17, 15) is 4.79 Å². The highest BCUT2D eigenvalue weighted by molar-refractivity contribution is 5.94. The molecule has 0 aliphatic heterocycles. The van der Waals surface area contributed by atoms with Crippen LogP contribution in [0.25, 0.3) is 0 Å². The van der Waals surface area contributed by atoms with Gasteiger partial charge in [-0.3, -0.25) is 4.79 Å². The predicted molar refractivity (Wildman–Crippen MR) is 107 cm³/mol. The van der Waals surface area contributed by atoms with E-state index in [-0.39, 0.29) is 12.3 Å². The number of amides is 1. The van der Waals surface area contributed by atoms with Gasteiger partial charge in [-0.15, -0.1) is 0 Å². The number of rotatable bonds is 10. The van der Waals surface area contributed by atoms with Crippen LogP contribution in [-0.4, -0.2) is 40.5 Å². The standard InChI is InChI=1S/C21H27NO6/c1-6-27-15-8-9-17(28-7-2)16(13-15)22-20(23)12-14-10-18(24-3)21(26-5)19(11-14)25-4/h8-11,13H,6-7,12H2,1-5H3,(H,22,23). The van der Waals surface area contributed by atoms with Crippen molar-refractivity contribution in [2.75, 3.05) is 39.9 Å². The lowest BCUT2D eigenvalue weighted by atomic mass is 10.1. The van der Waals surface area contributed by atoms with Crippen LogP contribution in [0.5, 0.6) is 28.7 Å². The zero-order valence-electron chi connectivity index (χ0n) is 17.0. The van der Waals surface area contributed by atoms with E-state index >= 15 is 0 Å². The number of methoxy groups -OCH3 is 3. The van der Waals surface area contributed by atoms with Crippen molar-refractivity contribution in [1.82, 2.24) is 0 Å². The summed E-state index contributed by atoms with van der Waals surface area (Å²) in [6, 6.07) is 8.84. The minimum absolute atomic E-state index is 0.126. The summed E-state index contributed by atoms with van der Waals surface area (Å²) >= 11 is 0. The van der Waals surface area contributed by atoms with Gasteiger partial charge in [0.2, 0.25) is 11.7 Å². The average molecular weight is 389 g/mol. The lowest BCUT2D eigenvalue weighted by molar-refractivity contribution is -0.115. The van der Waals surface area contributed by atoms with Gasteiger partial charge >= 0.3 is 0 Å². The first-order chi connectivity index (χ1) is 13.6. The molecule has 7 heteroatoms. The van der Waals surface area contributed by atoms with Gasteiger partial charge in [-0.2, -0.15) is 0 Å². The van der Waals surface area contributed by atoms with Gasteiger partial charge in [-0.1, -0.05) is 0 Å². The van der Waals surface area contributed by atoms with E-state index < -0.39 is 0 Å². The molecule has 0 spiro atoms. The summed E-state index contributed by atoms with van der Waals surface area (Å²) in [5.74, 6) is 2.52. The van der Waals surface area contributed by atoms with Crippen LogP contribution in [0.1, 0.15) is 19.4 Å². The number of nitrogens with one attached hydrogen (secondary N) is 1. The van der Waals surface area contributed by atoms with Crippen molar-refractivity contribution in [1.29, 1.82) is 0 Å². The van der Waals surface area contributed by atoms with E-state index in [0.717, 1.165) is 5.56 Å². The Kier molecular flexibility index (Phi) is 7.80. The van der Waals surface area contributed by atoms with Gasteiger partial charge in [0.1, 0.15) is 11.5 Å². The molecular weight excluding hydrogens is 362 g/mol. The van der Waals surface area contributed by atoms with Crippen LogP contribution in [0.15, 0.2) is 30.3 Å². The summed E-state index contributed by atoms with van der Waals surface area (Å²) < 4.78 is 27.1. The second kappa shape index (κ2) is 10.3. The van der Waals surface area contributed by atoms with Crippen LogP contribution in [-0.2, 0) is 11.2 Å². The van der Waals surface area contributed by atoms with Crippen LogP contribution < -0.4 is 29.0 Å². The molecule has 2 aromatic rings. The Morgan fingerprint density at radius 3 is 2.04 bits per heavy atom. The van der Waals surface area contributed by atoms with Crippen molar-refractivity contribution >= 4 is 11.6 Å². The Morgan fingerprint density at radius 2 is 1.50 bits per heavy atom. The van der Waals surface area contributed by atoms with Gasteiger partial charge in [0.05, 0.1) is 46.7 Å². The van der Waals surface area contributed by atoms with Gasteiger partial charge in [0, 0.05) is 6.07 Å². The third-order valence-corrected chi connectivity index (χ3v) is 3.93. The van der Waals surface area contributed by atoms with Crippen molar-refractivity contribution in [2.24, 2.45) is 0 Å². The fourth-order valence-corrected chi connectivity index (χ4v) is 2.76. The monoisotopic (exact) mass is 389 g/mol. The number of hydrogen-bond donors (Lipinski definition) is 1. The molecule has 0 fully saturated rings. The molecule has 0 atom stereocenters. The highest BCUT2D eigenvalue weighted by Gasteiger charge is 2.16. The zero-order chi connectivity index (χ0) is 20.5. The number of carbonyl (C=O) groups is 1. The first-order valence-electron chi connectivity index (χ1n) is 9.04. The van der Waals surface area contributed by atoms with Crippen LogP contribution >= 0.6 is 0 Å². The lowest BCUT2D eigenvalue weighted by Crippen LogP contribution is -2.15. The van der Waals surface area contributed by atoms with Crippen molar-refractivity contribution in [2.45, 2.75) is 20.3 Å². The van der Waals surface area contributed by atoms with Crippen molar-refractivity contribution in [3.8, 4) is 28.7 Å². The Bertz CT molecular complexity index is 780. The third kappa shape index (κ3) is 5.22. The van der Waals surface area contributed by atoms with Crippen LogP contribution in [0.3, 0.4) is 0 Å². The quantitative estimate of drug-likeness (QED) is 0.668. The minimum atomic E-state index is -0.205. The normalized spacial score (nSPS) is 10.2. The summed E-state index contributed by atoms with van der Waals surface area (Å²) in [5.41, 5.74) is 1.29. The molecule has 0 saturated carbocycles. The zero-order valence-corrected chi connectivity index (χ0v) is 17.0. The first kappa shape index (κ1) is 21.2. The molecule has 1 amide bonds. The number of hydrogen-bond acceptors (Lipinski definition) is 6. The number of anilines is 1. The van der Waals surface area contributed by atoms with Gasteiger partial charge in [0.15, 0.2) is 11.5 Å². The van der Waals surface area contributed by atoms with Crippen LogP contribution in [0, 0.1) is 0 Å². The summed E-state index contributed by atoms with van der Waals surface area (Å²) in [5, 5.41) is 2.89. The number of benzene rings is 2. The summed E-state index contributed by atoms with van der Waals surface area (Å²) in [6.07, 6.45) is 0.126. The molecule has 0 aliphatic rings. The lowest BCUT2D eigenvalue weighted by Gasteiger charge is -2.15.